The number of carbonyl (C=O) groups is 2. The molecule has 0 spiro atoms. The number of hydrogen-bond donors (Lipinski definition) is 2. The molecule has 1 rings (SSSR count). The minimum atomic E-state index is -1.11. The van der Waals surface area contributed by atoms with Crippen LogP contribution in [0.4, 0.5) is 0 Å². The van der Waals surface area contributed by atoms with Crippen molar-refractivity contribution in [3.8, 4) is 5.88 Å². The summed E-state index contributed by atoms with van der Waals surface area (Å²) >= 11 is 0. The van der Waals surface area contributed by atoms with Crippen molar-refractivity contribution < 1.29 is 19.4 Å². The molecule has 7 nitrogen and oxygen atoms in total. The molecule has 0 bridgehead atoms. The summed E-state index contributed by atoms with van der Waals surface area (Å²) in [6.07, 6.45) is 1.45. The van der Waals surface area contributed by atoms with E-state index in [-0.39, 0.29) is 11.4 Å². The van der Waals surface area contributed by atoms with Gasteiger partial charge >= 0.3 is 5.97 Å². The average molecular weight is 213 g/mol. The number of carboxylic acid groups (broad SMARTS) is 1. The zero-order valence-corrected chi connectivity index (χ0v) is 8.35. The maximum atomic E-state index is 11.4. The van der Waals surface area contributed by atoms with Crippen molar-refractivity contribution in [2.45, 2.75) is 0 Å². The van der Waals surface area contributed by atoms with E-state index in [4.69, 9.17) is 9.84 Å². The third-order valence-corrected chi connectivity index (χ3v) is 1.63. The molecule has 0 radical (unpaired) electrons. The molecule has 0 aliphatic carbocycles. The molecule has 2 N–H and O–H groups in total. The van der Waals surface area contributed by atoms with Crippen LogP contribution >= 0.6 is 0 Å². The maximum Gasteiger partial charge on any atom is 0.322 e. The Morgan fingerprint density at radius 3 is 2.87 bits per heavy atom. The predicted molar refractivity (Wildman–Crippen MR) is 49.7 cm³/mol. The van der Waals surface area contributed by atoms with Gasteiger partial charge in [-0.15, -0.1) is 5.10 Å². The van der Waals surface area contributed by atoms with E-state index >= 15 is 0 Å². The summed E-state index contributed by atoms with van der Waals surface area (Å²) in [5.41, 5.74) is 0.209. The number of carbonyl (C=O) groups excluding carboxylic acids is 1. The molecular weight excluding hydrogens is 202 g/mol. The normalized spacial score (nSPS) is 9.73. The monoisotopic (exact) mass is 213 g/mol. The number of aromatic nitrogens is 2. The lowest BCUT2D eigenvalue weighted by molar-refractivity contribution is -0.135. The number of carboxylic acids is 1. The lowest BCUT2D eigenvalue weighted by Crippen LogP contribution is -2.29. The van der Waals surface area contributed by atoms with Crippen LogP contribution in [0.5, 0.6) is 5.88 Å². The Bertz CT molecular complexity index is 385. The van der Waals surface area contributed by atoms with Gasteiger partial charge in [-0.2, -0.15) is 0 Å². The number of aliphatic carboxylic acids is 1. The third kappa shape index (κ3) is 2.70. The van der Waals surface area contributed by atoms with Crippen LogP contribution in [0.1, 0.15) is 10.4 Å². The van der Waals surface area contributed by atoms with E-state index in [1.807, 2.05) is 0 Å². The molecule has 1 aromatic rings. The lowest BCUT2D eigenvalue weighted by atomic mass is 10.3. The minimum Gasteiger partial charge on any atom is -0.480 e. The molecule has 0 aliphatic rings. The highest BCUT2D eigenvalue weighted by atomic mass is 16.5. The molecule has 1 heterocycles. The molecule has 0 saturated heterocycles. The first-order chi connectivity index (χ1) is 7.04. The van der Waals surface area contributed by atoms with Gasteiger partial charge in [0.2, 0.25) is 5.88 Å². The summed E-state index contributed by atoms with van der Waals surface area (Å²) in [4.78, 5) is 21.7. The fourth-order valence-electron chi connectivity index (χ4n) is 1.03. The summed E-state index contributed by atoms with van der Waals surface area (Å²) in [6.45, 7) is -0.434. The van der Waals surface area contributed by atoms with Crippen LogP contribution in [-0.2, 0) is 11.8 Å². The topological polar surface area (TPSA) is 93.5 Å². The zero-order valence-electron chi connectivity index (χ0n) is 8.35. The molecule has 0 aliphatic heterocycles. The van der Waals surface area contributed by atoms with E-state index in [1.165, 1.54) is 18.0 Å². The van der Waals surface area contributed by atoms with E-state index in [9.17, 15) is 9.59 Å². The number of methoxy groups -OCH3 is 1. The highest BCUT2D eigenvalue weighted by Crippen LogP contribution is 2.13. The minimum absolute atomic E-state index is 0.167. The first-order valence-corrected chi connectivity index (χ1v) is 4.12. The summed E-state index contributed by atoms with van der Waals surface area (Å²) in [7, 11) is 3.02. The first-order valence-electron chi connectivity index (χ1n) is 4.12. The zero-order chi connectivity index (χ0) is 11.4. The fraction of sp³-hybridized carbons (Fsp3) is 0.375. The van der Waals surface area contributed by atoms with Crippen molar-refractivity contribution in [3.63, 3.8) is 0 Å². The van der Waals surface area contributed by atoms with Gasteiger partial charge in [-0.25, -0.2) is 0 Å². The Morgan fingerprint density at radius 2 is 2.33 bits per heavy atom. The molecular formula is C8H11N3O4. The number of nitrogens with zero attached hydrogens (tertiary/aromatic N) is 2. The highest BCUT2D eigenvalue weighted by Gasteiger charge is 2.16. The fourth-order valence-corrected chi connectivity index (χ4v) is 1.03. The summed E-state index contributed by atoms with van der Waals surface area (Å²) in [5, 5.41) is 14.5. The standard InChI is InChI=1S/C8H11N3O4/c1-11-4-5(8(10-11)15-2)7(14)9-3-6(12)13/h4H,3H2,1-2H3,(H,9,14)(H,12,13). The Labute approximate surface area is 85.6 Å². The largest absolute Gasteiger partial charge is 0.480 e. The highest BCUT2D eigenvalue weighted by molar-refractivity contribution is 5.97. The quantitative estimate of drug-likeness (QED) is 0.685. The van der Waals surface area contributed by atoms with Gasteiger partial charge in [-0.1, -0.05) is 0 Å². The predicted octanol–water partition coefficient (Wildman–Crippen LogP) is -0.757. The molecule has 82 valence electrons. The van der Waals surface area contributed by atoms with Gasteiger partial charge in [0.05, 0.1) is 7.11 Å². The van der Waals surface area contributed by atoms with Crippen molar-refractivity contribution in [1.29, 1.82) is 0 Å². The van der Waals surface area contributed by atoms with Gasteiger partial charge in [-0.3, -0.25) is 14.3 Å². The lowest BCUT2D eigenvalue weighted by Gasteiger charge is -2.00. The molecule has 0 aromatic carbocycles. The second-order valence-corrected chi connectivity index (χ2v) is 2.80. The van der Waals surface area contributed by atoms with Crippen LogP contribution in [0.2, 0.25) is 0 Å². The van der Waals surface area contributed by atoms with Crippen molar-refractivity contribution in [1.82, 2.24) is 15.1 Å². The second-order valence-electron chi connectivity index (χ2n) is 2.80. The Kier molecular flexibility index (Phi) is 3.27. The Hall–Kier alpha value is -2.05. The molecule has 15 heavy (non-hydrogen) atoms. The molecule has 1 aromatic heterocycles. The molecule has 0 unspecified atom stereocenters. The number of aryl methyl sites for hydroxylation is 1. The van der Waals surface area contributed by atoms with Crippen LogP contribution in [0.3, 0.4) is 0 Å². The Morgan fingerprint density at radius 1 is 1.67 bits per heavy atom. The molecule has 7 heteroatoms. The van der Waals surface area contributed by atoms with Crippen LogP contribution in [0.25, 0.3) is 0 Å². The average Bonchev–Trinajstić information content (AvgIpc) is 2.56. The van der Waals surface area contributed by atoms with Crippen LogP contribution < -0.4 is 10.1 Å². The summed E-state index contributed by atoms with van der Waals surface area (Å²) in [5.74, 6) is -1.46. The second kappa shape index (κ2) is 4.45. The number of rotatable bonds is 4. The van der Waals surface area contributed by atoms with Gasteiger partial charge in [0.15, 0.2) is 0 Å². The van der Waals surface area contributed by atoms with Crippen LogP contribution in [-0.4, -0.2) is 40.4 Å². The van der Waals surface area contributed by atoms with Crippen molar-refractivity contribution >= 4 is 11.9 Å². The van der Waals surface area contributed by atoms with Gasteiger partial charge < -0.3 is 15.2 Å². The van der Waals surface area contributed by atoms with Gasteiger partial charge in [0, 0.05) is 13.2 Å². The molecule has 1 amide bonds. The van der Waals surface area contributed by atoms with Crippen molar-refractivity contribution in [2.75, 3.05) is 13.7 Å². The third-order valence-electron chi connectivity index (χ3n) is 1.63. The number of ether oxygens (including phenoxy) is 1. The molecule has 0 fully saturated rings. The molecule has 0 atom stereocenters. The van der Waals surface area contributed by atoms with E-state index < -0.39 is 18.4 Å². The SMILES string of the molecule is COc1nn(C)cc1C(=O)NCC(=O)O. The number of hydrogen-bond acceptors (Lipinski definition) is 4. The van der Waals surface area contributed by atoms with E-state index in [2.05, 4.69) is 10.4 Å². The van der Waals surface area contributed by atoms with Crippen molar-refractivity contribution in [3.05, 3.63) is 11.8 Å². The van der Waals surface area contributed by atoms with Crippen LogP contribution in [0, 0.1) is 0 Å². The van der Waals surface area contributed by atoms with Gasteiger partial charge in [-0.05, 0) is 0 Å². The Balaban J connectivity index is 2.76. The summed E-state index contributed by atoms with van der Waals surface area (Å²) < 4.78 is 6.27. The number of amides is 1. The number of nitrogens with one attached hydrogen (secondary N) is 1. The summed E-state index contributed by atoms with van der Waals surface area (Å²) in [6, 6.07) is 0. The van der Waals surface area contributed by atoms with E-state index in [0.29, 0.717) is 0 Å². The first kappa shape index (κ1) is 11.0. The van der Waals surface area contributed by atoms with Crippen LogP contribution in [0.15, 0.2) is 6.20 Å². The van der Waals surface area contributed by atoms with E-state index in [1.54, 1.807) is 7.05 Å². The van der Waals surface area contributed by atoms with Gasteiger partial charge in [0.25, 0.3) is 5.91 Å². The maximum absolute atomic E-state index is 11.4. The van der Waals surface area contributed by atoms with E-state index in [0.717, 1.165) is 0 Å². The molecule has 0 saturated carbocycles. The smallest absolute Gasteiger partial charge is 0.322 e. The van der Waals surface area contributed by atoms with Crippen molar-refractivity contribution in [2.24, 2.45) is 7.05 Å². The van der Waals surface area contributed by atoms with Gasteiger partial charge in [0.1, 0.15) is 12.1 Å².